The minimum absolute atomic E-state index is 0.280. The van der Waals surface area contributed by atoms with Gasteiger partial charge in [-0.25, -0.2) is 4.79 Å². The second-order valence-corrected chi connectivity index (χ2v) is 7.40. The summed E-state index contributed by atoms with van der Waals surface area (Å²) in [5.74, 6) is -0.727. The van der Waals surface area contributed by atoms with E-state index >= 15 is 0 Å². The van der Waals surface area contributed by atoms with Crippen molar-refractivity contribution in [2.75, 3.05) is 6.54 Å². The largest absolute Gasteiger partial charge is 0.350 e. The standard InChI is InChI=1S/C22H25N3O3/c1-16-8-10-18(11-9-16)14-23-19(26)15-25-20(27)22(2,24-21(25)28)13-12-17-6-4-3-5-7-17/h3-11H,12-15H2,1-2H3,(H,23,26)(H,24,28)/t22-/m1/s1. The Bertz CT molecular complexity index is 864. The van der Waals surface area contributed by atoms with Gasteiger partial charge in [0.2, 0.25) is 5.91 Å². The number of nitrogens with zero attached hydrogens (tertiary/aromatic N) is 1. The lowest BCUT2D eigenvalue weighted by Crippen LogP contribution is -2.45. The van der Waals surface area contributed by atoms with Crippen molar-refractivity contribution in [3.05, 3.63) is 71.3 Å². The summed E-state index contributed by atoms with van der Waals surface area (Å²) in [5.41, 5.74) is 2.21. The highest BCUT2D eigenvalue weighted by atomic mass is 16.2. The molecule has 2 aromatic carbocycles. The lowest BCUT2D eigenvalue weighted by atomic mass is 9.93. The monoisotopic (exact) mass is 379 g/mol. The summed E-state index contributed by atoms with van der Waals surface area (Å²) >= 11 is 0. The molecule has 0 unspecified atom stereocenters. The van der Waals surface area contributed by atoms with Crippen molar-refractivity contribution in [3.8, 4) is 0 Å². The van der Waals surface area contributed by atoms with Crippen LogP contribution < -0.4 is 10.6 Å². The van der Waals surface area contributed by atoms with Crippen molar-refractivity contribution >= 4 is 17.8 Å². The predicted molar refractivity (Wildman–Crippen MR) is 106 cm³/mol. The second-order valence-electron chi connectivity index (χ2n) is 7.40. The van der Waals surface area contributed by atoms with E-state index < -0.39 is 11.6 Å². The van der Waals surface area contributed by atoms with Crippen LogP contribution in [0.1, 0.15) is 30.0 Å². The fraction of sp³-hybridized carbons (Fsp3) is 0.318. The average Bonchev–Trinajstić information content (AvgIpc) is 2.90. The molecule has 2 N–H and O–H groups in total. The second kappa shape index (κ2) is 8.25. The van der Waals surface area contributed by atoms with Gasteiger partial charge in [0.15, 0.2) is 0 Å². The number of hydrogen-bond acceptors (Lipinski definition) is 3. The molecular weight excluding hydrogens is 354 g/mol. The first-order valence-electron chi connectivity index (χ1n) is 9.38. The van der Waals surface area contributed by atoms with Crippen LogP contribution in [0, 0.1) is 6.92 Å². The number of imide groups is 1. The van der Waals surface area contributed by atoms with E-state index in [1.807, 2.05) is 61.5 Å². The maximum absolute atomic E-state index is 12.8. The van der Waals surface area contributed by atoms with E-state index in [0.717, 1.165) is 21.6 Å². The molecule has 6 heteroatoms. The summed E-state index contributed by atoms with van der Waals surface area (Å²) in [6.45, 7) is 3.78. The van der Waals surface area contributed by atoms with Gasteiger partial charge in [-0.05, 0) is 37.8 Å². The zero-order valence-electron chi connectivity index (χ0n) is 16.2. The molecule has 146 valence electrons. The number of rotatable bonds is 7. The average molecular weight is 379 g/mol. The topological polar surface area (TPSA) is 78.5 Å². The van der Waals surface area contributed by atoms with Crippen LogP contribution in [0.25, 0.3) is 0 Å². The van der Waals surface area contributed by atoms with Crippen molar-refractivity contribution < 1.29 is 14.4 Å². The molecule has 6 nitrogen and oxygen atoms in total. The Hall–Kier alpha value is -3.15. The van der Waals surface area contributed by atoms with Gasteiger partial charge in [-0.2, -0.15) is 0 Å². The minimum atomic E-state index is -0.996. The zero-order chi connectivity index (χ0) is 20.1. The van der Waals surface area contributed by atoms with Crippen LogP contribution in [-0.2, 0) is 22.6 Å². The van der Waals surface area contributed by atoms with Crippen LogP contribution in [0.4, 0.5) is 4.79 Å². The molecule has 0 bridgehead atoms. The number of amides is 4. The minimum Gasteiger partial charge on any atom is -0.350 e. The van der Waals surface area contributed by atoms with Gasteiger partial charge in [0.05, 0.1) is 0 Å². The fourth-order valence-corrected chi connectivity index (χ4v) is 3.21. The molecule has 0 spiro atoms. The van der Waals surface area contributed by atoms with E-state index in [1.165, 1.54) is 0 Å². The van der Waals surface area contributed by atoms with E-state index in [2.05, 4.69) is 10.6 Å². The van der Waals surface area contributed by atoms with Crippen LogP contribution in [0.5, 0.6) is 0 Å². The lowest BCUT2D eigenvalue weighted by Gasteiger charge is -2.21. The highest BCUT2D eigenvalue weighted by molar-refractivity contribution is 6.08. The summed E-state index contributed by atoms with van der Waals surface area (Å²) in [4.78, 5) is 38.3. The summed E-state index contributed by atoms with van der Waals surface area (Å²) in [7, 11) is 0. The molecule has 1 fully saturated rings. The van der Waals surface area contributed by atoms with Crippen molar-refractivity contribution in [3.63, 3.8) is 0 Å². The maximum Gasteiger partial charge on any atom is 0.325 e. The van der Waals surface area contributed by atoms with E-state index in [1.54, 1.807) is 6.92 Å². The summed E-state index contributed by atoms with van der Waals surface area (Å²) in [6.07, 6.45) is 1.14. The Kier molecular flexibility index (Phi) is 5.78. The number of carbonyl (C=O) groups excluding carboxylic acids is 3. The molecule has 1 saturated heterocycles. The third-order valence-electron chi connectivity index (χ3n) is 5.01. The molecule has 0 aliphatic carbocycles. The molecule has 1 aliphatic heterocycles. The number of urea groups is 1. The van der Waals surface area contributed by atoms with Gasteiger partial charge < -0.3 is 10.6 Å². The van der Waals surface area contributed by atoms with Gasteiger partial charge >= 0.3 is 6.03 Å². The fourth-order valence-electron chi connectivity index (χ4n) is 3.21. The van der Waals surface area contributed by atoms with Gasteiger partial charge in [-0.15, -0.1) is 0 Å². The molecule has 4 amide bonds. The highest BCUT2D eigenvalue weighted by Gasteiger charge is 2.47. The van der Waals surface area contributed by atoms with Gasteiger partial charge in [0.25, 0.3) is 5.91 Å². The Morgan fingerprint density at radius 3 is 2.39 bits per heavy atom. The van der Waals surface area contributed by atoms with E-state index in [0.29, 0.717) is 19.4 Å². The van der Waals surface area contributed by atoms with Gasteiger partial charge in [-0.1, -0.05) is 60.2 Å². The first kappa shape index (κ1) is 19.6. The smallest absolute Gasteiger partial charge is 0.325 e. The lowest BCUT2D eigenvalue weighted by molar-refractivity contribution is -0.134. The molecule has 1 atom stereocenters. The summed E-state index contributed by atoms with van der Waals surface area (Å²) in [5, 5.41) is 5.50. The normalized spacial score (nSPS) is 18.9. The Balaban J connectivity index is 1.55. The molecular formula is C22H25N3O3. The number of benzene rings is 2. The van der Waals surface area contributed by atoms with Gasteiger partial charge in [0, 0.05) is 6.54 Å². The summed E-state index contributed by atoms with van der Waals surface area (Å²) < 4.78 is 0. The quantitative estimate of drug-likeness (QED) is 0.726. The molecule has 0 saturated carbocycles. The highest BCUT2D eigenvalue weighted by Crippen LogP contribution is 2.23. The third-order valence-corrected chi connectivity index (χ3v) is 5.01. The number of aryl methyl sites for hydroxylation is 2. The van der Waals surface area contributed by atoms with Crippen LogP contribution in [0.3, 0.4) is 0 Å². The molecule has 1 heterocycles. The van der Waals surface area contributed by atoms with E-state index in [-0.39, 0.29) is 18.4 Å². The van der Waals surface area contributed by atoms with Crippen LogP contribution in [0.15, 0.2) is 54.6 Å². The molecule has 3 rings (SSSR count). The zero-order valence-corrected chi connectivity index (χ0v) is 16.2. The molecule has 2 aromatic rings. The Labute approximate surface area is 164 Å². The van der Waals surface area contributed by atoms with Crippen LogP contribution >= 0.6 is 0 Å². The SMILES string of the molecule is Cc1ccc(CNC(=O)CN2C(=O)N[C@](C)(CCc3ccccc3)C2=O)cc1. The first-order chi connectivity index (χ1) is 13.4. The van der Waals surface area contributed by atoms with Gasteiger partial charge in [0.1, 0.15) is 12.1 Å². The van der Waals surface area contributed by atoms with E-state index in [4.69, 9.17) is 0 Å². The third kappa shape index (κ3) is 4.57. The molecule has 0 radical (unpaired) electrons. The maximum atomic E-state index is 12.8. The van der Waals surface area contributed by atoms with E-state index in [9.17, 15) is 14.4 Å². The number of hydrogen-bond donors (Lipinski definition) is 2. The van der Waals surface area contributed by atoms with Crippen molar-refractivity contribution in [2.45, 2.75) is 38.8 Å². The Morgan fingerprint density at radius 2 is 1.71 bits per heavy atom. The van der Waals surface area contributed by atoms with Crippen molar-refractivity contribution in [1.82, 2.24) is 15.5 Å². The van der Waals surface area contributed by atoms with Crippen molar-refractivity contribution in [2.24, 2.45) is 0 Å². The molecule has 1 aliphatic rings. The number of carbonyl (C=O) groups is 3. The van der Waals surface area contributed by atoms with Crippen molar-refractivity contribution in [1.29, 1.82) is 0 Å². The van der Waals surface area contributed by atoms with Gasteiger partial charge in [-0.3, -0.25) is 14.5 Å². The molecule has 28 heavy (non-hydrogen) atoms. The summed E-state index contributed by atoms with van der Waals surface area (Å²) in [6, 6.07) is 17.1. The Morgan fingerprint density at radius 1 is 1.04 bits per heavy atom. The van der Waals surface area contributed by atoms with Crippen LogP contribution in [-0.4, -0.2) is 34.8 Å². The predicted octanol–water partition coefficient (Wildman–Crippen LogP) is 2.55. The van der Waals surface area contributed by atoms with Crippen LogP contribution in [0.2, 0.25) is 0 Å². The number of nitrogens with one attached hydrogen (secondary N) is 2. The first-order valence-corrected chi connectivity index (χ1v) is 9.38. The molecule has 0 aromatic heterocycles.